The largest absolute Gasteiger partial charge is 0.463 e. The first-order chi connectivity index (χ1) is 11.3. The van der Waals surface area contributed by atoms with Crippen molar-refractivity contribution in [3.05, 3.63) is 0 Å². The Labute approximate surface area is 145 Å². The Hall–Kier alpha value is -0.860. The minimum absolute atomic E-state index is 0.0146. The van der Waals surface area contributed by atoms with Crippen LogP contribution in [0.15, 0.2) is 0 Å². The summed E-state index contributed by atoms with van der Waals surface area (Å²) in [7, 11) is 0. The zero-order chi connectivity index (χ0) is 17.1. The van der Waals surface area contributed by atoms with Crippen molar-refractivity contribution in [3.63, 3.8) is 0 Å². The normalized spacial score (nSPS) is 50.6. The predicted octanol–water partition coefficient (Wildman–Crippen LogP) is 4.53. The second-order valence-corrected chi connectivity index (χ2v) is 9.58. The third kappa shape index (κ3) is 2.29. The van der Waals surface area contributed by atoms with E-state index in [0.29, 0.717) is 23.0 Å². The van der Waals surface area contributed by atoms with E-state index in [1.54, 1.807) is 0 Å². The van der Waals surface area contributed by atoms with Gasteiger partial charge in [-0.3, -0.25) is 9.59 Å². The standard InChI is InChI=1S/C21H32O3/c1-13(22)24-15-8-10-20(2)14(12-15)4-5-16-17-6-7-19(23)21(17,3)11-9-18(16)20/h14-18H,4-12H2,1-3H3/t14-,15+,16?,17?,18?,20?,21?/m0/s1. The number of carbonyl (C=O) groups excluding carboxylic acids is 2. The van der Waals surface area contributed by atoms with Gasteiger partial charge in [-0.15, -0.1) is 0 Å². The molecule has 0 aromatic heterocycles. The second-order valence-electron chi connectivity index (χ2n) is 9.58. The van der Waals surface area contributed by atoms with Gasteiger partial charge in [0.05, 0.1) is 0 Å². The van der Waals surface area contributed by atoms with Crippen molar-refractivity contribution in [2.45, 2.75) is 84.7 Å². The van der Waals surface area contributed by atoms with Crippen LogP contribution in [0.25, 0.3) is 0 Å². The molecule has 0 aromatic rings. The number of ketones is 1. The number of carbonyl (C=O) groups is 2. The summed E-state index contributed by atoms with van der Waals surface area (Å²) < 4.78 is 5.54. The van der Waals surface area contributed by atoms with E-state index in [0.717, 1.165) is 43.9 Å². The molecule has 4 aliphatic carbocycles. The Balaban J connectivity index is 1.54. The minimum atomic E-state index is -0.129. The lowest BCUT2D eigenvalue weighted by atomic mass is 9.45. The molecule has 0 saturated heterocycles. The second kappa shape index (κ2) is 5.57. The molecule has 4 fully saturated rings. The Morgan fingerprint density at radius 2 is 1.83 bits per heavy atom. The van der Waals surface area contributed by atoms with E-state index in [-0.39, 0.29) is 17.5 Å². The van der Waals surface area contributed by atoms with Crippen molar-refractivity contribution >= 4 is 11.8 Å². The van der Waals surface area contributed by atoms with Crippen molar-refractivity contribution in [1.82, 2.24) is 0 Å². The molecule has 0 amide bonds. The van der Waals surface area contributed by atoms with E-state index >= 15 is 0 Å². The van der Waals surface area contributed by atoms with Gasteiger partial charge in [0, 0.05) is 18.8 Å². The number of ether oxygens (including phenoxy) is 1. The lowest BCUT2D eigenvalue weighted by molar-refractivity contribution is -0.160. The number of rotatable bonds is 1. The van der Waals surface area contributed by atoms with Crippen LogP contribution in [0.5, 0.6) is 0 Å². The molecule has 7 atom stereocenters. The van der Waals surface area contributed by atoms with Gasteiger partial charge in [0.2, 0.25) is 0 Å². The molecule has 3 heteroatoms. The highest BCUT2D eigenvalue weighted by molar-refractivity contribution is 5.87. The Bertz CT molecular complexity index is 555. The van der Waals surface area contributed by atoms with Gasteiger partial charge < -0.3 is 4.74 Å². The first kappa shape index (κ1) is 16.6. The van der Waals surface area contributed by atoms with Gasteiger partial charge in [0.1, 0.15) is 11.9 Å². The zero-order valence-electron chi connectivity index (χ0n) is 15.5. The fourth-order valence-electron chi connectivity index (χ4n) is 7.33. The summed E-state index contributed by atoms with van der Waals surface area (Å²) in [5, 5.41) is 0. The smallest absolute Gasteiger partial charge is 0.302 e. The number of hydrogen-bond donors (Lipinski definition) is 0. The number of hydrogen-bond acceptors (Lipinski definition) is 3. The third-order valence-electron chi connectivity index (χ3n) is 8.66. The summed E-state index contributed by atoms with van der Waals surface area (Å²) >= 11 is 0. The Kier molecular flexibility index (Phi) is 3.85. The van der Waals surface area contributed by atoms with Crippen LogP contribution in [0.3, 0.4) is 0 Å². The predicted molar refractivity (Wildman–Crippen MR) is 92.3 cm³/mol. The van der Waals surface area contributed by atoms with E-state index < -0.39 is 0 Å². The fourth-order valence-corrected chi connectivity index (χ4v) is 7.33. The van der Waals surface area contributed by atoms with Crippen LogP contribution in [0.2, 0.25) is 0 Å². The third-order valence-corrected chi connectivity index (χ3v) is 8.66. The lowest BCUT2D eigenvalue weighted by Gasteiger charge is -2.60. The monoisotopic (exact) mass is 332 g/mol. The molecular weight excluding hydrogens is 300 g/mol. The van der Waals surface area contributed by atoms with Crippen LogP contribution in [-0.2, 0) is 14.3 Å². The first-order valence-electron chi connectivity index (χ1n) is 10.0. The minimum Gasteiger partial charge on any atom is -0.463 e. The van der Waals surface area contributed by atoms with Crippen molar-refractivity contribution in [3.8, 4) is 0 Å². The summed E-state index contributed by atoms with van der Waals surface area (Å²) in [5.74, 6) is 3.26. The molecule has 4 rings (SSSR count). The highest BCUT2D eigenvalue weighted by Crippen LogP contribution is 2.65. The molecule has 3 nitrogen and oxygen atoms in total. The van der Waals surface area contributed by atoms with Crippen molar-refractivity contribution in [1.29, 1.82) is 0 Å². The molecule has 0 bridgehead atoms. The van der Waals surface area contributed by atoms with E-state index in [1.807, 2.05) is 0 Å². The summed E-state index contributed by atoms with van der Waals surface area (Å²) in [6.45, 7) is 6.30. The first-order valence-corrected chi connectivity index (χ1v) is 10.0. The molecule has 0 N–H and O–H groups in total. The SMILES string of the molecule is CC(=O)O[C@@H]1CCC2(C)C3CCC4(C)C(=O)CCC4C3CC[C@H]2C1. The molecule has 5 unspecified atom stereocenters. The molecule has 0 aromatic carbocycles. The van der Waals surface area contributed by atoms with Gasteiger partial charge in [-0.1, -0.05) is 13.8 Å². The molecule has 24 heavy (non-hydrogen) atoms. The van der Waals surface area contributed by atoms with Crippen LogP contribution in [0, 0.1) is 34.5 Å². The average Bonchev–Trinajstić information content (AvgIpc) is 2.83. The maximum atomic E-state index is 12.5. The molecule has 0 aliphatic heterocycles. The number of Topliss-reactive ketones (excluding diaryl/α,β-unsaturated/α-hetero) is 1. The molecule has 4 saturated carbocycles. The molecular formula is C21H32O3. The van der Waals surface area contributed by atoms with Crippen LogP contribution >= 0.6 is 0 Å². The van der Waals surface area contributed by atoms with E-state index in [9.17, 15) is 9.59 Å². The van der Waals surface area contributed by atoms with Gasteiger partial charge in [-0.2, -0.15) is 0 Å². The lowest BCUT2D eigenvalue weighted by Crippen LogP contribution is -2.54. The zero-order valence-corrected chi connectivity index (χ0v) is 15.5. The summed E-state index contributed by atoms with van der Waals surface area (Å²) in [5.41, 5.74) is 0.381. The van der Waals surface area contributed by atoms with Crippen LogP contribution < -0.4 is 0 Å². The molecule has 4 aliphatic rings. The van der Waals surface area contributed by atoms with Crippen LogP contribution in [0.4, 0.5) is 0 Å². The summed E-state index contributed by atoms with van der Waals surface area (Å²) in [4.78, 5) is 23.8. The fraction of sp³-hybridized carbons (Fsp3) is 0.905. The van der Waals surface area contributed by atoms with Crippen LogP contribution in [-0.4, -0.2) is 17.9 Å². The van der Waals surface area contributed by atoms with Gasteiger partial charge in [-0.25, -0.2) is 0 Å². The Morgan fingerprint density at radius 1 is 1.04 bits per heavy atom. The molecule has 0 spiro atoms. The maximum Gasteiger partial charge on any atom is 0.302 e. The highest BCUT2D eigenvalue weighted by Gasteiger charge is 2.60. The molecule has 0 heterocycles. The van der Waals surface area contributed by atoms with Gasteiger partial charge in [0.25, 0.3) is 0 Å². The van der Waals surface area contributed by atoms with Gasteiger partial charge >= 0.3 is 5.97 Å². The number of fused-ring (bicyclic) bond motifs is 5. The van der Waals surface area contributed by atoms with E-state index in [4.69, 9.17) is 4.74 Å². The average molecular weight is 332 g/mol. The van der Waals surface area contributed by atoms with Crippen molar-refractivity contribution < 1.29 is 14.3 Å². The van der Waals surface area contributed by atoms with E-state index in [1.165, 1.54) is 32.6 Å². The molecule has 0 radical (unpaired) electrons. The van der Waals surface area contributed by atoms with Gasteiger partial charge in [-0.05, 0) is 80.5 Å². The van der Waals surface area contributed by atoms with E-state index in [2.05, 4.69) is 13.8 Å². The van der Waals surface area contributed by atoms with Gasteiger partial charge in [0.15, 0.2) is 0 Å². The van der Waals surface area contributed by atoms with Crippen molar-refractivity contribution in [2.24, 2.45) is 34.5 Å². The number of esters is 1. The highest BCUT2D eigenvalue weighted by atomic mass is 16.5. The quantitative estimate of drug-likeness (QED) is 0.663. The summed E-state index contributed by atoms with van der Waals surface area (Å²) in [6.07, 6.45) is 10.2. The van der Waals surface area contributed by atoms with Crippen molar-refractivity contribution in [2.75, 3.05) is 0 Å². The molecule has 134 valence electrons. The topological polar surface area (TPSA) is 43.4 Å². The maximum absolute atomic E-state index is 12.5. The Morgan fingerprint density at radius 3 is 2.58 bits per heavy atom. The van der Waals surface area contributed by atoms with Crippen LogP contribution in [0.1, 0.15) is 78.6 Å². The summed E-state index contributed by atoms with van der Waals surface area (Å²) in [6, 6.07) is 0.